The molecule has 100 valence electrons. The third-order valence-electron chi connectivity index (χ3n) is 2.38. The van der Waals surface area contributed by atoms with E-state index in [9.17, 15) is 9.36 Å². The highest BCUT2D eigenvalue weighted by atomic mass is 31.2. The number of carbonyl (C=O) groups is 1. The van der Waals surface area contributed by atoms with Crippen LogP contribution in [-0.2, 0) is 23.1 Å². The molecule has 0 unspecified atom stereocenters. The summed E-state index contributed by atoms with van der Waals surface area (Å²) in [5.74, 6) is -0.388. The Bertz CT molecular complexity index is 480. The van der Waals surface area contributed by atoms with E-state index in [0.717, 1.165) is 0 Å². The summed E-state index contributed by atoms with van der Waals surface area (Å²) < 4.78 is 31.8. The van der Waals surface area contributed by atoms with E-state index in [1.54, 1.807) is 19.1 Å². The zero-order valence-corrected chi connectivity index (χ0v) is 11.5. The van der Waals surface area contributed by atoms with E-state index >= 15 is 0 Å². The van der Waals surface area contributed by atoms with Crippen molar-refractivity contribution >= 4 is 19.1 Å². The number of furan rings is 1. The standard InChI is InChI=1S/C11H15O6P/c1-8(9-6-5-7-17-9)10(11(12)14-2)18(13,15-3)16-4/h5-7H,1-4H3/b10-8+. The van der Waals surface area contributed by atoms with Gasteiger partial charge < -0.3 is 18.2 Å². The second-order valence-electron chi connectivity index (χ2n) is 3.31. The van der Waals surface area contributed by atoms with Crippen molar-refractivity contribution in [2.24, 2.45) is 0 Å². The fraction of sp³-hybridized carbons (Fsp3) is 0.364. The van der Waals surface area contributed by atoms with Gasteiger partial charge in [-0.1, -0.05) is 0 Å². The van der Waals surface area contributed by atoms with Crippen LogP contribution < -0.4 is 0 Å². The fourth-order valence-corrected chi connectivity index (χ4v) is 2.78. The highest BCUT2D eigenvalue weighted by Crippen LogP contribution is 2.57. The van der Waals surface area contributed by atoms with Crippen LogP contribution in [0, 0.1) is 0 Å². The molecule has 0 aliphatic heterocycles. The van der Waals surface area contributed by atoms with Crippen LogP contribution in [0.5, 0.6) is 0 Å². The number of methoxy groups -OCH3 is 1. The summed E-state index contributed by atoms with van der Waals surface area (Å²) in [6.07, 6.45) is 1.44. The minimum atomic E-state index is -3.72. The summed E-state index contributed by atoms with van der Waals surface area (Å²) in [7, 11) is -0.134. The lowest BCUT2D eigenvalue weighted by Crippen LogP contribution is -2.09. The first-order chi connectivity index (χ1) is 8.50. The lowest BCUT2D eigenvalue weighted by Gasteiger charge is -2.17. The summed E-state index contributed by atoms with van der Waals surface area (Å²) in [5, 5.41) is -0.176. The van der Waals surface area contributed by atoms with E-state index in [0.29, 0.717) is 11.3 Å². The Hall–Kier alpha value is -1.36. The van der Waals surface area contributed by atoms with Gasteiger partial charge in [-0.2, -0.15) is 0 Å². The molecule has 0 aromatic carbocycles. The van der Waals surface area contributed by atoms with Gasteiger partial charge in [-0.25, -0.2) is 4.79 Å². The molecule has 0 saturated heterocycles. The maximum atomic E-state index is 12.3. The van der Waals surface area contributed by atoms with E-state index < -0.39 is 13.6 Å². The first-order valence-corrected chi connectivity index (χ1v) is 6.59. The van der Waals surface area contributed by atoms with Crippen molar-refractivity contribution in [1.82, 2.24) is 0 Å². The number of hydrogen-bond acceptors (Lipinski definition) is 6. The van der Waals surface area contributed by atoms with E-state index in [2.05, 4.69) is 4.74 Å². The van der Waals surface area contributed by atoms with Gasteiger partial charge in [-0.15, -0.1) is 0 Å². The second kappa shape index (κ2) is 6.00. The van der Waals surface area contributed by atoms with Crippen LogP contribution in [0.25, 0.3) is 5.57 Å². The van der Waals surface area contributed by atoms with E-state index in [-0.39, 0.29) is 5.31 Å². The molecule has 6 nitrogen and oxygen atoms in total. The fourth-order valence-electron chi connectivity index (χ4n) is 1.43. The number of allylic oxidation sites excluding steroid dienone is 1. The Morgan fingerprint density at radius 3 is 2.28 bits per heavy atom. The summed E-state index contributed by atoms with van der Waals surface area (Å²) in [6.45, 7) is 1.58. The first kappa shape index (κ1) is 14.7. The van der Waals surface area contributed by atoms with Crippen LogP contribution in [-0.4, -0.2) is 27.3 Å². The van der Waals surface area contributed by atoms with Gasteiger partial charge in [0.2, 0.25) is 0 Å². The van der Waals surface area contributed by atoms with Gasteiger partial charge in [-0.3, -0.25) is 4.57 Å². The molecule has 0 bridgehead atoms. The molecule has 1 rings (SSSR count). The number of ether oxygens (including phenoxy) is 1. The van der Waals surface area contributed by atoms with Gasteiger partial charge in [-0.05, 0) is 19.1 Å². The van der Waals surface area contributed by atoms with Gasteiger partial charge in [0.05, 0.1) is 13.4 Å². The average molecular weight is 274 g/mol. The molecule has 0 fully saturated rings. The Labute approximate surface area is 105 Å². The smallest absolute Gasteiger partial charge is 0.368 e. The van der Waals surface area contributed by atoms with Crippen molar-refractivity contribution in [2.45, 2.75) is 6.92 Å². The topological polar surface area (TPSA) is 75.0 Å². The average Bonchev–Trinajstić information content (AvgIpc) is 2.92. The highest BCUT2D eigenvalue weighted by Gasteiger charge is 2.37. The van der Waals surface area contributed by atoms with Crippen molar-refractivity contribution in [2.75, 3.05) is 21.3 Å². The molecule has 0 amide bonds. The zero-order valence-electron chi connectivity index (χ0n) is 10.6. The minimum Gasteiger partial charge on any atom is -0.465 e. The molecule has 0 aliphatic rings. The molecule has 1 heterocycles. The summed E-state index contributed by atoms with van der Waals surface area (Å²) in [5.41, 5.74) is 0.346. The van der Waals surface area contributed by atoms with Crippen molar-refractivity contribution in [3.05, 3.63) is 29.5 Å². The lowest BCUT2D eigenvalue weighted by molar-refractivity contribution is -0.135. The molecule has 1 aromatic heterocycles. The summed E-state index contributed by atoms with van der Waals surface area (Å²) in [6, 6.07) is 3.28. The van der Waals surface area contributed by atoms with E-state index in [1.807, 2.05) is 0 Å². The van der Waals surface area contributed by atoms with Crippen LogP contribution >= 0.6 is 7.60 Å². The lowest BCUT2D eigenvalue weighted by atomic mass is 10.2. The van der Waals surface area contributed by atoms with Crippen LogP contribution in [0.1, 0.15) is 12.7 Å². The van der Waals surface area contributed by atoms with Crippen molar-refractivity contribution in [1.29, 1.82) is 0 Å². The van der Waals surface area contributed by atoms with Crippen LogP contribution in [0.2, 0.25) is 0 Å². The van der Waals surface area contributed by atoms with Gasteiger partial charge in [0, 0.05) is 19.8 Å². The van der Waals surface area contributed by atoms with Crippen LogP contribution in [0.15, 0.2) is 28.1 Å². The van der Waals surface area contributed by atoms with Gasteiger partial charge in [0.25, 0.3) is 0 Å². The maximum Gasteiger partial charge on any atom is 0.368 e. The van der Waals surface area contributed by atoms with Crippen LogP contribution in [0.4, 0.5) is 0 Å². The van der Waals surface area contributed by atoms with Gasteiger partial charge >= 0.3 is 13.6 Å². The minimum absolute atomic E-state index is 0.176. The maximum absolute atomic E-state index is 12.3. The number of carbonyl (C=O) groups excluding carboxylic acids is 1. The number of rotatable bonds is 5. The Kier molecular flexibility index (Phi) is 4.90. The molecule has 7 heteroatoms. The Morgan fingerprint density at radius 2 is 1.89 bits per heavy atom. The number of hydrogen-bond donors (Lipinski definition) is 0. The molecule has 0 spiro atoms. The molecule has 0 saturated carbocycles. The normalized spacial score (nSPS) is 13.1. The third kappa shape index (κ3) is 2.72. The Balaban J connectivity index is 3.43. The van der Waals surface area contributed by atoms with Crippen LogP contribution in [0.3, 0.4) is 0 Å². The number of esters is 1. The molecule has 0 atom stereocenters. The monoisotopic (exact) mass is 274 g/mol. The molecule has 0 N–H and O–H groups in total. The molecule has 1 aromatic rings. The molecule has 18 heavy (non-hydrogen) atoms. The van der Waals surface area contributed by atoms with Crippen molar-refractivity contribution in [3.8, 4) is 0 Å². The largest absolute Gasteiger partial charge is 0.465 e. The van der Waals surface area contributed by atoms with Crippen molar-refractivity contribution in [3.63, 3.8) is 0 Å². The summed E-state index contributed by atoms with van der Waals surface area (Å²) >= 11 is 0. The molecular weight excluding hydrogens is 259 g/mol. The quantitative estimate of drug-likeness (QED) is 0.467. The van der Waals surface area contributed by atoms with Gasteiger partial charge in [0.1, 0.15) is 5.76 Å². The summed E-state index contributed by atoms with van der Waals surface area (Å²) in [4.78, 5) is 11.8. The van der Waals surface area contributed by atoms with E-state index in [1.165, 1.54) is 27.6 Å². The van der Waals surface area contributed by atoms with Crippen molar-refractivity contribution < 1.29 is 27.6 Å². The second-order valence-corrected chi connectivity index (χ2v) is 5.48. The highest BCUT2D eigenvalue weighted by molar-refractivity contribution is 7.60. The molecular formula is C11H15O6P. The molecule has 0 aliphatic carbocycles. The predicted octanol–water partition coefficient (Wildman–Crippen LogP) is 2.67. The van der Waals surface area contributed by atoms with E-state index in [4.69, 9.17) is 13.5 Å². The Morgan fingerprint density at radius 1 is 1.28 bits per heavy atom. The van der Waals surface area contributed by atoms with Gasteiger partial charge in [0.15, 0.2) is 5.31 Å². The SMILES string of the molecule is COC(=O)/C(=C(/C)c1ccco1)P(=O)(OC)OC. The first-order valence-electron chi connectivity index (χ1n) is 5.05. The molecule has 0 radical (unpaired) electrons. The predicted molar refractivity (Wildman–Crippen MR) is 64.9 cm³/mol. The zero-order chi connectivity index (χ0) is 13.8. The third-order valence-corrected chi connectivity index (χ3v) is 4.41.